The maximum atomic E-state index is 6.22. The van der Waals surface area contributed by atoms with E-state index in [1.165, 1.54) is 32.1 Å². The predicted octanol–water partition coefficient (Wildman–Crippen LogP) is 4.00. The Morgan fingerprint density at radius 1 is 1.26 bits per heavy atom. The van der Waals surface area contributed by atoms with Crippen LogP contribution in [0.15, 0.2) is 0 Å². The fraction of sp³-hybridized carbons (Fsp3) is 1.00. The van der Waals surface area contributed by atoms with Crippen molar-refractivity contribution in [2.45, 2.75) is 78.4 Å². The third kappa shape index (κ3) is 4.46. The van der Waals surface area contributed by atoms with Crippen LogP contribution in [0.4, 0.5) is 0 Å². The van der Waals surface area contributed by atoms with Crippen LogP contribution in [0.25, 0.3) is 0 Å². The zero-order valence-electron chi connectivity index (χ0n) is 13.6. The van der Waals surface area contributed by atoms with Crippen LogP contribution in [0, 0.1) is 17.3 Å². The van der Waals surface area contributed by atoms with Crippen LogP contribution in [0.1, 0.15) is 66.7 Å². The van der Waals surface area contributed by atoms with Crippen molar-refractivity contribution in [3.8, 4) is 0 Å². The van der Waals surface area contributed by atoms with Crippen molar-refractivity contribution in [1.29, 1.82) is 0 Å². The molecule has 1 heterocycles. The summed E-state index contributed by atoms with van der Waals surface area (Å²) in [6.07, 6.45) is 7.05. The molecule has 0 aromatic rings. The molecule has 0 spiro atoms. The van der Waals surface area contributed by atoms with Gasteiger partial charge in [0.05, 0.1) is 11.7 Å². The second-order valence-electron chi connectivity index (χ2n) is 8.20. The fourth-order valence-electron chi connectivity index (χ4n) is 3.55. The summed E-state index contributed by atoms with van der Waals surface area (Å²) in [5.74, 6) is 1.67. The Balaban J connectivity index is 1.85. The highest BCUT2D eigenvalue weighted by Crippen LogP contribution is 2.49. The van der Waals surface area contributed by atoms with Crippen molar-refractivity contribution in [1.82, 2.24) is 5.32 Å². The van der Waals surface area contributed by atoms with Gasteiger partial charge in [0, 0.05) is 6.54 Å². The zero-order chi connectivity index (χ0) is 14.1. The lowest BCUT2D eigenvalue weighted by atomic mass is 9.78. The monoisotopic (exact) mass is 267 g/mol. The van der Waals surface area contributed by atoms with Gasteiger partial charge in [0.2, 0.25) is 0 Å². The molecule has 0 amide bonds. The number of ether oxygens (including phenoxy) is 1. The average Bonchev–Trinajstić information content (AvgIpc) is 3.05. The zero-order valence-corrected chi connectivity index (χ0v) is 13.6. The van der Waals surface area contributed by atoms with Gasteiger partial charge in [-0.15, -0.1) is 0 Å². The van der Waals surface area contributed by atoms with Crippen LogP contribution in [0.3, 0.4) is 0 Å². The Bertz CT molecular complexity index is 296. The number of nitrogens with one attached hydrogen (secondary N) is 1. The molecule has 112 valence electrons. The molecule has 0 aromatic carbocycles. The minimum Gasteiger partial charge on any atom is -0.372 e. The minimum atomic E-state index is 0.112. The third-order valence-electron chi connectivity index (χ3n) is 4.89. The first kappa shape index (κ1) is 15.3. The molecule has 2 aliphatic rings. The predicted molar refractivity (Wildman–Crippen MR) is 81.3 cm³/mol. The molecule has 2 nitrogen and oxygen atoms in total. The van der Waals surface area contributed by atoms with Crippen molar-refractivity contribution >= 4 is 0 Å². The molecule has 2 unspecified atom stereocenters. The lowest BCUT2D eigenvalue weighted by Crippen LogP contribution is -2.38. The molecule has 1 saturated carbocycles. The first-order valence-electron chi connectivity index (χ1n) is 8.19. The Kier molecular flexibility index (Phi) is 4.62. The van der Waals surface area contributed by atoms with E-state index in [0.717, 1.165) is 24.9 Å². The lowest BCUT2D eigenvalue weighted by molar-refractivity contribution is -0.0364. The van der Waals surface area contributed by atoms with Gasteiger partial charge in [-0.1, -0.05) is 20.8 Å². The summed E-state index contributed by atoms with van der Waals surface area (Å²) in [6.45, 7) is 13.8. The van der Waals surface area contributed by atoms with Crippen molar-refractivity contribution in [2.75, 3.05) is 13.1 Å². The maximum absolute atomic E-state index is 6.22. The highest BCUT2D eigenvalue weighted by atomic mass is 16.5. The molecular formula is C17H33NO. The van der Waals surface area contributed by atoms with Crippen molar-refractivity contribution in [2.24, 2.45) is 17.3 Å². The molecule has 1 aliphatic carbocycles. The summed E-state index contributed by atoms with van der Waals surface area (Å²) in [7, 11) is 0. The smallest absolute Gasteiger partial charge is 0.0631 e. The molecule has 0 aromatic heterocycles. The molecular weight excluding hydrogens is 234 g/mol. The van der Waals surface area contributed by atoms with Crippen molar-refractivity contribution in [3.63, 3.8) is 0 Å². The molecule has 1 aliphatic heterocycles. The first-order valence-corrected chi connectivity index (χ1v) is 8.19. The van der Waals surface area contributed by atoms with E-state index in [9.17, 15) is 0 Å². The van der Waals surface area contributed by atoms with Gasteiger partial charge in [-0.25, -0.2) is 0 Å². The molecule has 2 fully saturated rings. The summed E-state index contributed by atoms with van der Waals surface area (Å²) < 4.78 is 6.22. The van der Waals surface area contributed by atoms with E-state index in [1.54, 1.807) is 0 Å². The highest BCUT2D eigenvalue weighted by Gasteiger charge is 2.44. The summed E-state index contributed by atoms with van der Waals surface area (Å²) in [5.41, 5.74) is 0.556. The third-order valence-corrected chi connectivity index (χ3v) is 4.89. The summed E-state index contributed by atoms with van der Waals surface area (Å²) in [5, 5.41) is 3.69. The van der Waals surface area contributed by atoms with Gasteiger partial charge >= 0.3 is 0 Å². The lowest BCUT2D eigenvalue weighted by Gasteiger charge is -2.33. The first-order chi connectivity index (χ1) is 8.81. The summed E-state index contributed by atoms with van der Waals surface area (Å²) >= 11 is 0. The summed E-state index contributed by atoms with van der Waals surface area (Å²) in [4.78, 5) is 0. The fourth-order valence-corrected chi connectivity index (χ4v) is 3.55. The standard InChI is InChI=1S/C17H33NO/c1-13(2)11-18-12-17(5,14-6-7-14)10-15-8-9-16(3,4)19-15/h13-15,18H,6-12H2,1-5H3. The van der Waals surface area contributed by atoms with Gasteiger partial charge in [-0.2, -0.15) is 0 Å². The second-order valence-corrected chi connectivity index (χ2v) is 8.20. The molecule has 2 heteroatoms. The normalized spacial score (nSPS) is 29.7. The van der Waals surface area contributed by atoms with E-state index in [0.29, 0.717) is 11.5 Å². The molecule has 2 rings (SSSR count). The summed E-state index contributed by atoms with van der Waals surface area (Å²) in [6, 6.07) is 0. The van der Waals surface area contributed by atoms with E-state index < -0.39 is 0 Å². The second kappa shape index (κ2) is 5.73. The van der Waals surface area contributed by atoms with E-state index in [2.05, 4.69) is 39.9 Å². The van der Waals surface area contributed by atoms with Gasteiger partial charge in [0.25, 0.3) is 0 Å². The number of hydrogen-bond donors (Lipinski definition) is 1. The maximum Gasteiger partial charge on any atom is 0.0631 e. The molecule has 2 atom stereocenters. The van der Waals surface area contributed by atoms with Gasteiger partial charge < -0.3 is 10.1 Å². The Labute approximate surface area is 119 Å². The average molecular weight is 267 g/mol. The van der Waals surface area contributed by atoms with E-state index in [1.807, 2.05) is 0 Å². The van der Waals surface area contributed by atoms with E-state index >= 15 is 0 Å². The molecule has 0 radical (unpaired) electrons. The van der Waals surface area contributed by atoms with Gasteiger partial charge in [0.15, 0.2) is 0 Å². The van der Waals surface area contributed by atoms with Crippen LogP contribution in [-0.2, 0) is 4.74 Å². The van der Waals surface area contributed by atoms with Gasteiger partial charge in [0.1, 0.15) is 0 Å². The number of hydrogen-bond acceptors (Lipinski definition) is 2. The van der Waals surface area contributed by atoms with Crippen molar-refractivity contribution < 1.29 is 4.74 Å². The Hall–Kier alpha value is -0.0800. The highest BCUT2D eigenvalue weighted by molar-refractivity contribution is 4.96. The van der Waals surface area contributed by atoms with Crippen molar-refractivity contribution in [3.05, 3.63) is 0 Å². The van der Waals surface area contributed by atoms with Crippen LogP contribution in [-0.4, -0.2) is 24.8 Å². The molecule has 1 saturated heterocycles. The van der Waals surface area contributed by atoms with E-state index in [4.69, 9.17) is 4.74 Å². The van der Waals surface area contributed by atoms with Crippen LogP contribution < -0.4 is 5.32 Å². The molecule has 19 heavy (non-hydrogen) atoms. The van der Waals surface area contributed by atoms with Gasteiger partial charge in [-0.3, -0.25) is 0 Å². The van der Waals surface area contributed by atoms with Crippen LogP contribution in [0.5, 0.6) is 0 Å². The SMILES string of the molecule is CC(C)CNCC(C)(CC1CCC(C)(C)O1)C1CC1. The van der Waals surface area contributed by atoms with Gasteiger partial charge in [-0.05, 0) is 69.7 Å². The topological polar surface area (TPSA) is 21.3 Å². The Morgan fingerprint density at radius 3 is 2.42 bits per heavy atom. The Morgan fingerprint density at radius 2 is 1.95 bits per heavy atom. The molecule has 0 bridgehead atoms. The van der Waals surface area contributed by atoms with Crippen LogP contribution in [0.2, 0.25) is 0 Å². The van der Waals surface area contributed by atoms with Crippen LogP contribution >= 0.6 is 0 Å². The minimum absolute atomic E-state index is 0.112. The van der Waals surface area contributed by atoms with E-state index in [-0.39, 0.29) is 5.60 Å². The quantitative estimate of drug-likeness (QED) is 0.753. The largest absolute Gasteiger partial charge is 0.372 e. The molecule has 1 N–H and O–H groups in total. The number of rotatable bonds is 7.